The van der Waals surface area contributed by atoms with E-state index in [1.54, 1.807) is 0 Å². The molecule has 0 rings (SSSR count). The Kier molecular flexibility index (Phi) is 38.1. The molecule has 0 heterocycles. The summed E-state index contributed by atoms with van der Waals surface area (Å²) in [5.41, 5.74) is 5.32. The zero-order valence-electron chi connectivity index (χ0n) is 35.6. The van der Waals surface area contributed by atoms with E-state index in [1.807, 2.05) is 24.3 Å². The van der Waals surface area contributed by atoms with Crippen LogP contribution in [0.25, 0.3) is 0 Å². The van der Waals surface area contributed by atoms with Gasteiger partial charge in [-0.3, -0.25) is 23.4 Å². The van der Waals surface area contributed by atoms with Crippen molar-refractivity contribution in [2.75, 3.05) is 19.8 Å². The molecule has 11 nitrogen and oxygen atoms in total. The quantitative estimate of drug-likeness (QED) is 0.0233. The van der Waals surface area contributed by atoms with E-state index in [9.17, 15) is 23.8 Å². The van der Waals surface area contributed by atoms with Crippen molar-refractivity contribution in [1.29, 1.82) is 0 Å². The highest BCUT2D eigenvalue weighted by Crippen LogP contribution is 2.43. The normalized spacial score (nSPS) is 14.6. The van der Waals surface area contributed by atoms with Crippen molar-refractivity contribution in [2.45, 2.75) is 167 Å². The van der Waals surface area contributed by atoms with Crippen LogP contribution in [0.1, 0.15) is 155 Å². The zero-order valence-corrected chi connectivity index (χ0v) is 36.5. The van der Waals surface area contributed by atoms with E-state index in [2.05, 4.69) is 79.1 Å². The summed E-state index contributed by atoms with van der Waals surface area (Å²) in [5, 5.41) is 8.88. The standard InChI is InChI=1S/C46H76NO10P/c1-3-5-7-9-11-13-15-17-19-20-21-22-24-26-28-30-32-34-36-38-45(49)57-42(40-55-58(52,53)56-41-43(47)46(50)51)39-54-44(48)37-35-33-31-29-27-25-23-18-16-14-12-10-8-6-4-2/h5,7,11,13,17,19,21-22,26,28,31-34,42-43H,3-4,6,8-10,12,14-16,18,20,23-25,27,29-30,35-41,47H2,1-2H3,(H,50,51)(H,52,53)/b7-5+,13-11+,19-17+,22-21+,28-26+,33-31+,34-32+/t42-,43+/m1/s1. The summed E-state index contributed by atoms with van der Waals surface area (Å²) < 4.78 is 32.5. The van der Waals surface area contributed by atoms with Crippen LogP contribution in [-0.4, -0.2) is 59.9 Å². The van der Waals surface area contributed by atoms with Crippen LogP contribution in [-0.2, 0) is 37.5 Å². The summed E-state index contributed by atoms with van der Waals surface area (Å²) in [4.78, 5) is 45.9. The lowest BCUT2D eigenvalue weighted by Crippen LogP contribution is -2.34. The average Bonchev–Trinajstić information content (AvgIpc) is 3.20. The van der Waals surface area contributed by atoms with E-state index in [1.165, 1.54) is 64.2 Å². The Bertz CT molecular complexity index is 1300. The number of hydrogen-bond donors (Lipinski definition) is 3. The van der Waals surface area contributed by atoms with Gasteiger partial charge in [0.15, 0.2) is 6.10 Å². The molecule has 0 aromatic rings. The van der Waals surface area contributed by atoms with Crippen LogP contribution in [0.15, 0.2) is 85.1 Å². The summed E-state index contributed by atoms with van der Waals surface area (Å²) in [6.45, 7) is 2.56. The number of carboxylic acid groups (broad SMARTS) is 1. The number of carbonyl (C=O) groups excluding carboxylic acids is 2. The third-order valence-electron chi connectivity index (χ3n) is 8.65. The molecule has 0 bridgehead atoms. The van der Waals surface area contributed by atoms with Crippen molar-refractivity contribution in [3.8, 4) is 0 Å². The Morgan fingerprint density at radius 3 is 1.47 bits per heavy atom. The summed E-state index contributed by atoms with van der Waals surface area (Å²) in [5.74, 6) is -2.56. The second-order valence-corrected chi connectivity index (χ2v) is 15.5. The fraction of sp³-hybridized carbons (Fsp3) is 0.630. The van der Waals surface area contributed by atoms with Gasteiger partial charge in [-0.1, -0.05) is 163 Å². The molecular formula is C46H76NO10P. The Labute approximate surface area is 350 Å². The van der Waals surface area contributed by atoms with Gasteiger partial charge in [-0.05, 0) is 64.2 Å². The molecule has 330 valence electrons. The molecule has 0 aliphatic heterocycles. The number of carbonyl (C=O) groups is 3. The van der Waals surface area contributed by atoms with Crippen LogP contribution in [0.5, 0.6) is 0 Å². The lowest BCUT2D eigenvalue weighted by atomic mass is 10.1. The smallest absolute Gasteiger partial charge is 0.472 e. The van der Waals surface area contributed by atoms with Gasteiger partial charge in [0.1, 0.15) is 12.6 Å². The average molecular weight is 834 g/mol. The van der Waals surface area contributed by atoms with Gasteiger partial charge in [0.2, 0.25) is 0 Å². The van der Waals surface area contributed by atoms with Gasteiger partial charge in [-0.15, -0.1) is 0 Å². The number of phosphoric acid groups is 1. The number of ether oxygens (including phenoxy) is 2. The number of rotatable bonds is 39. The van der Waals surface area contributed by atoms with Crippen molar-refractivity contribution < 1.29 is 47.5 Å². The molecule has 0 aliphatic rings. The summed E-state index contributed by atoms with van der Waals surface area (Å²) in [6.07, 6.45) is 49.6. The van der Waals surface area contributed by atoms with E-state index in [0.29, 0.717) is 19.3 Å². The number of phosphoric ester groups is 1. The maximum atomic E-state index is 12.6. The van der Waals surface area contributed by atoms with Crippen molar-refractivity contribution >= 4 is 25.7 Å². The fourth-order valence-corrected chi connectivity index (χ4v) is 6.06. The first-order valence-corrected chi connectivity index (χ1v) is 23.1. The third-order valence-corrected chi connectivity index (χ3v) is 9.60. The highest BCUT2D eigenvalue weighted by Gasteiger charge is 2.28. The number of allylic oxidation sites excluding steroid dienone is 14. The van der Waals surface area contributed by atoms with Crippen LogP contribution in [0.4, 0.5) is 0 Å². The summed E-state index contributed by atoms with van der Waals surface area (Å²) in [6, 6.07) is -1.54. The molecule has 4 N–H and O–H groups in total. The number of esters is 2. The number of aliphatic carboxylic acids is 1. The molecule has 0 spiro atoms. The molecule has 58 heavy (non-hydrogen) atoms. The molecule has 0 saturated heterocycles. The van der Waals surface area contributed by atoms with E-state index >= 15 is 0 Å². The molecule has 0 aromatic carbocycles. The Balaban J connectivity index is 4.55. The monoisotopic (exact) mass is 834 g/mol. The minimum Gasteiger partial charge on any atom is -0.480 e. The molecule has 0 aliphatic carbocycles. The second kappa shape index (κ2) is 40.4. The minimum absolute atomic E-state index is 0.0251. The van der Waals surface area contributed by atoms with E-state index in [-0.39, 0.29) is 12.8 Å². The van der Waals surface area contributed by atoms with Crippen LogP contribution in [0, 0.1) is 0 Å². The Morgan fingerprint density at radius 2 is 0.966 bits per heavy atom. The first-order chi connectivity index (χ1) is 28.1. The lowest BCUT2D eigenvalue weighted by Gasteiger charge is -2.20. The van der Waals surface area contributed by atoms with Gasteiger partial charge in [-0.2, -0.15) is 0 Å². The maximum Gasteiger partial charge on any atom is 0.472 e. The predicted molar refractivity (Wildman–Crippen MR) is 235 cm³/mol. The Hall–Kier alpha value is -3.34. The van der Waals surface area contributed by atoms with Crippen molar-refractivity contribution in [1.82, 2.24) is 0 Å². The molecule has 0 aromatic heterocycles. The molecule has 0 radical (unpaired) electrons. The summed E-state index contributed by atoms with van der Waals surface area (Å²) >= 11 is 0. The van der Waals surface area contributed by atoms with Gasteiger partial charge in [0.05, 0.1) is 13.2 Å². The SMILES string of the molecule is CC/C=C/C/C=C/C/C=C/C/C=C/C/C=C/C/C=C/CCC(=O)O[C@H](COC(=O)CC/C=C/CCCCCCCCCCCCC)COP(=O)(O)OC[C@H](N)C(=O)O. The van der Waals surface area contributed by atoms with Gasteiger partial charge >= 0.3 is 25.7 Å². The molecule has 0 amide bonds. The van der Waals surface area contributed by atoms with Crippen molar-refractivity contribution in [3.63, 3.8) is 0 Å². The van der Waals surface area contributed by atoms with Crippen LogP contribution in [0.3, 0.4) is 0 Å². The van der Waals surface area contributed by atoms with Crippen LogP contribution < -0.4 is 5.73 Å². The van der Waals surface area contributed by atoms with Gasteiger partial charge < -0.3 is 25.2 Å². The van der Waals surface area contributed by atoms with Crippen LogP contribution in [0.2, 0.25) is 0 Å². The predicted octanol–water partition coefficient (Wildman–Crippen LogP) is 11.5. The zero-order chi connectivity index (χ0) is 42.8. The first kappa shape index (κ1) is 54.7. The topological polar surface area (TPSA) is 172 Å². The summed E-state index contributed by atoms with van der Waals surface area (Å²) in [7, 11) is -4.75. The third kappa shape index (κ3) is 39.5. The molecule has 0 fully saturated rings. The fourth-order valence-electron chi connectivity index (χ4n) is 5.28. The minimum atomic E-state index is -4.75. The molecule has 3 atom stereocenters. The highest BCUT2D eigenvalue weighted by molar-refractivity contribution is 7.47. The van der Waals surface area contributed by atoms with Crippen molar-refractivity contribution in [2.24, 2.45) is 5.73 Å². The molecule has 0 saturated carbocycles. The number of nitrogens with two attached hydrogens (primary N) is 1. The highest BCUT2D eigenvalue weighted by atomic mass is 31.2. The molecule has 12 heteroatoms. The largest absolute Gasteiger partial charge is 0.480 e. The number of hydrogen-bond acceptors (Lipinski definition) is 9. The van der Waals surface area contributed by atoms with Crippen LogP contribution >= 0.6 is 7.82 Å². The Morgan fingerprint density at radius 1 is 0.552 bits per heavy atom. The van der Waals surface area contributed by atoms with E-state index in [4.69, 9.17) is 24.8 Å². The number of unbranched alkanes of at least 4 members (excludes halogenated alkanes) is 11. The van der Waals surface area contributed by atoms with Gasteiger partial charge in [0, 0.05) is 12.8 Å². The van der Waals surface area contributed by atoms with Gasteiger partial charge in [0.25, 0.3) is 0 Å². The maximum absolute atomic E-state index is 12.6. The lowest BCUT2D eigenvalue weighted by molar-refractivity contribution is -0.161. The number of carboxylic acids is 1. The van der Waals surface area contributed by atoms with E-state index in [0.717, 1.165) is 44.9 Å². The second-order valence-electron chi connectivity index (χ2n) is 14.1. The molecular weight excluding hydrogens is 757 g/mol. The molecule has 1 unspecified atom stereocenters. The van der Waals surface area contributed by atoms with Gasteiger partial charge in [-0.25, -0.2) is 4.57 Å². The first-order valence-electron chi connectivity index (χ1n) is 21.6. The van der Waals surface area contributed by atoms with Crippen molar-refractivity contribution in [3.05, 3.63) is 85.1 Å². The van der Waals surface area contributed by atoms with E-state index < -0.39 is 57.7 Å².